The average molecular weight is 324 g/mol. The number of anilines is 1. The summed E-state index contributed by atoms with van der Waals surface area (Å²) >= 11 is 3.42. The third-order valence-electron chi connectivity index (χ3n) is 2.91. The first-order chi connectivity index (χ1) is 8.97. The summed E-state index contributed by atoms with van der Waals surface area (Å²) in [6.45, 7) is 4.70. The van der Waals surface area contributed by atoms with Crippen LogP contribution in [0, 0.1) is 5.92 Å². The van der Waals surface area contributed by atoms with Gasteiger partial charge < -0.3 is 5.73 Å². The van der Waals surface area contributed by atoms with Crippen molar-refractivity contribution in [1.82, 2.24) is 9.78 Å². The number of aromatic amines is 1. The molecule has 0 spiro atoms. The molecule has 3 N–H and O–H groups in total. The molecule has 1 aromatic heterocycles. The van der Waals surface area contributed by atoms with E-state index in [2.05, 4.69) is 34.9 Å². The molecule has 0 unspecified atom stereocenters. The predicted molar refractivity (Wildman–Crippen MR) is 81.3 cm³/mol. The van der Waals surface area contributed by atoms with Crippen molar-refractivity contribution in [3.8, 4) is 0 Å². The van der Waals surface area contributed by atoms with E-state index in [9.17, 15) is 4.79 Å². The third-order valence-corrected chi connectivity index (χ3v) is 3.41. The molecule has 4 nitrogen and oxygen atoms in total. The molecule has 0 aliphatic carbocycles. The van der Waals surface area contributed by atoms with Crippen LogP contribution < -0.4 is 11.3 Å². The number of H-pyrrole nitrogens is 1. The molecule has 0 saturated heterocycles. The number of benzene rings is 1. The highest BCUT2D eigenvalue weighted by molar-refractivity contribution is 9.10. The molecule has 1 aromatic carbocycles. The molecule has 0 saturated carbocycles. The lowest BCUT2D eigenvalue weighted by Crippen LogP contribution is -2.19. The zero-order valence-electron chi connectivity index (χ0n) is 11.1. The summed E-state index contributed by atoms with van der Waals surface area (Å²) in [5.74, 6) is 0.458. The minimum absolute atomic E-state index is 0.143. The molecule has 0 aliphatic heterocycles. The zero-order valence-corrected chi connectivity index (χ0v) is 12.7. The minimum Gasteiger partial charge on any atom is -0.393 e. The monoisotopic (exact) mass is 323 g/mol. The molecule has 0 amide bonds. The van der Waals surface area contributed by atoms with E-state index in [1.807, 2.05) is 24.3 Å². The van der Waals surface area contributed by atoms with Gasteiger partial charge in [0.2, 0.25) is 0 Å². The SMILES string of the molecule is CC(C)Cc1[nH]n(Cc2cccc(Br)c2)c(=O)c1N. The molecular weight excluding hydrogens is 306 g/mol. The van der Waals surface area contributed by atoms with E-state index >= 15 is 0 Å². The van der Waals surface area contributed by atoms with E-state index in [0.29, 0.717) is 18.2 Å². The molecule has 5 heteroatoms. The van der Waals surface area contributed by atoms with Crippen molar-refractivity contribution in [3.63, 3.8) is 0 Å². The molecule has 102 valence electrons. The Bertz CT molecular complexity index is 628. The lowest BCUT2D eigenvalue weighted by atomic mass is 10.1. The average Bonchev–Trinajstić information content (AvgIpc) is 2.57. The fraction of sp³-hybridized carbons (Fsp3) is 0.357. The number of nitrogens with two attached hydrogens (primary N) is 1. The summed E-state index contributed by atoms with van der Waals surface area (Å²) in [4.78, 5) is 12.1. The van der Waals surface area contributed by atoms with Gasteiger partial charge in [-0.3, -0.25) is 9.89 Å². The van der Waals surface area contributed by atoms with Crippen molar-refractivity contribution in [3.05, 3.63) is 50.3 Å². The highest BCUT2D eigenvalue weighted by Crippen LogP contribution is 2.14. The van der Waals surface area contributed by atoms with Gasteiger partial charge >= 0.3 is 0 Å². The Balaban J connectivity index is 2.28. The van der Waals surface area contributed by atoms with Crippen LogP contribution in [0.1, 0.15) is 25.1 Å². The van der Waals surface area contributed by atoms with E-state index in [1.54, 1.807) is 4.68 Å². The van der Waals surface area contributed by atoms with Crippen LogP contribution in [0.4, 0.5) is 5.69 Å². The molecular formula is C14H18BrN3O. The van der Waals surface area contributed by atoms with Crippen LogP contribution in [-0.2, 0) is 13.0 Å². The lowest BCUT2D eigenvalue weighted by molar-refractivity contribution is 0.603. The first-order valence-electron chi connectivity index (χ1n) is 6.29. The highest BCUT2D eigenvalue weighted by atomic mass is 79.9. The molecule has 0 aliphatic rings. The smallest absolute Gasteiger partial charge is 0.290 e. The molecule has 2 rings (SSSR count). The molecule has 0 fully saturated rings. The fourth-order valence-electron chi connectivity index (χ4n) is 2.04. The molecule has 0 atom stereocenters. The topological polar surface area (TPSA) is 63.8 Å². The maximum absolute atomic E-state index is 12.1. The van der Waals surface area contributed by atoms with Crippen LogP contribution in [0.5, 0.6) is 0 Å². The maximum atomic E-state index is 12.1. The lowest BCUT2D eigenvalue weighted by Gasteiger charge is -2.04. The molecule has 0 bridgehead atoms. The number of hydrogen-bond acceptors (Lipinski definition) is 2. The van der Waals surface area contributed by atoms with Crippen LogP contribution >= 0.6 is 15.9 Å². The van der Waals surface area contributed by atoms with E-state index in [0.717, 1.165) is 22.2 Å². The van der Waals surface area contributed by atoms with Gasteiger partial charge in [-0.2, -0.15) is 0 Å². The first kappa shape index (κ1) is 13.9. The number of nitrogen functional groups attached to an aromatic ring is 1. The van der Waals surface area contributed by atoms with Gasteiger partial charge in [0.15, 0.2) is 0 Å². The minimum atomic E-state index is -0.143. The number of nitrogens with one attached hydrogen (secondary N) is 1. The first-order valence-corrected chi connectivity index (χ1v) is 7.08. The van der Waals surface area contributed by atoms with Gasteiger partial charge in [0.25, 0.3) is 5.56 Å². The van der Waals surface area contributed by atoms with Crippen LogP contribution in [0.15, 0.2) is 33.5 Å². The second kappa shape index (κ2) is 5.65. The Hall–Kier alpha value is -1.49. The van der Waals surface area contributed by atoms with Gasteiger partial charge in [-0.1, -0.05) is 41.9 Å². The summed E-state index contributed by atoms with van der Waals surface area (Å²) in [5.41, 5.74) is 7.93. The highest BCUT2D eigenvalue weighted by Gasteiger charge is 2.12. The van der Waals surface area contributed by atoms with Gasteiger partial charge in [0.05, 0.1) is 12.2 Å². The quantitative estimate of drug-likeness (QED) is 0.908. The van der Waals surface area contributed by atoms with Crippen LogP contribution in [0.25, 0.3) is 0 Å². The van der Waals surface area contributed by atoms with Crippen molar-refractivity contribution < 1.29 is 0 Å². The molecule has 1 heterocycles. The largest absolute Gasteiger partial charge is 0.393 e. The van der Waals surface area contributed by atoms with Crippen molar-refractivity contribution in [2.24, 2.45) is 5.92 Å². The normalized spacial score (nSPS) is 11.2. The van der Waals surface area contributed by atoms with Crippen LogP contribution in [-0.4, -0.2) is 9.78 Å². The maximum Gasteiger partial charge on any atom is 0.290 e. The van der Waals surface area contributed by atoms with E-state index < -0.39 is 0 Å². The number of rotatable bonds is 4. The van der Waals surface area contributed by atoms with E-state index in [-0.39, 0.29) is 5.56 Å². The zero-order chi connectivity index (χ0) is 14.0. The second-order valence-electron chi connectivity index (χ2n) is 5.12. The Morgan fingerprint density at radius 3 is 2.79 bits per heavy atom. The van der Waals surface area contributed by atoms with Crippen molar-refractivity contribution in [1.29, 1.82) is 0 Å². The van der Waals surface area contributed by atoms with Gasteiger partial charge in [0, 0.05) is 4.47 Å². The standard InChI is InChI=1S/C14H18BrN3O/c1-9(2)6-12-13(16)14(19)18(17-12)8-10-4-3-5-11(15)7-10/h3-5,7,9,17H,6,8,16H2,1-2H3. The molecule has 2 aromatic rings. The summed E-state index contributed by atoms with van der Waals surface area (Å²) in [7, 11) is 0. The van der Waals surface area contributed by atoms with Gasteiger partial charge in [0.1, 0.15) is 5.69 Å². The van der Waals surface area contributed by atoms with Crippen molar-refractivity contribution >= 4 is 21.6 Å². The second-order valence-corrected chi connectivity index (χ2v) is 6.04. The van der Waals surface area contributed by atoms with E-state index in [1.165, 1.54) is 0 Å². The van der Waals surface area contributed by atoms with Crippen LogP contribution in [0.3, 0.4) is 0 Å². The Morgan fingerprint density at radius 2 is 2.16 bits per heavy atom. The summed E-state index contributed by atoms with van der Waals surface area (Å²) < 4.78 is 2.56. The van der Waals surface area contributed by atoms with Crippen molar-refractivity contribution in [2.75, 3.05) is 5.73 Å². The Labute approximate surface area is 120 Å². The Morgan fingerprint density at radius 1 is 1.42 bits per heavy atom. The van der Waals surface area contributed by atoms with E-state index in [4.69, 9.17) is 5.73 Å². The number of nitrogens with zero attached hydrogens (tertiary/aromatic N) is 1. The Kier molecular flexibility index (Phi) is 4.14. The van der Waals surface area contributed by atoms with Gasteiger partial charge in [-0.25, -0.2) is 4.68 Å². The number of halogens is 1. The van der Waals surface area contributed by atoms with Crippen molar-refractivity contribution in [2.45, 2.75) is 26.8 Å². The number of hydrogen-bond donors (Lipinski definition) is 2. The van der Waals surface area contributed by atoms with Gasteiger partial charge in [-0.05, 0) is 30.0 Å². The molecule has 19 heavy (non-hydrogen) atoms. The third kappa shape index (κ3) is 3.29. The van der Waals surface area contributed by atoms with Gasteiger partial charge in [-0.15, -0.1) is 0 Å². The number of aromatic nitrogens is 2. The summed E-state index contributed by atoms with van der Waals surface area (Å²) in [6, 6.07) is 7.88. The summed E-state index contributed by atoms with van der Waals surface area (Å²) in [6.07, 6.45) is 0.784. The van der Waals surface area contributed by atoms with Crippen LogP contribution in [0.2, 0.25) is 0 Å². The summed E-state index contributed by atoms with van der Waals surface area (Å²) in [5, 5.41) is 3.11. The predicted octanol–water partition coefficient (Wildman–Crippen LogP) is 2.77. The molecule has 0 radical (unpaired) electrons. The fourth-order valence-corrected chi connectivity index (χ4v) is 2.49.